The molecule has 4 rings (SSSR count). The standard InChI is InChI=1S/C30H46O3/c1-18(2)19(3)8-9-20(4)24-10-11-25-23-17-28(32)27-16-22(33-21(5)31)12-14-30(27,7)26(23)13-15-29(24,25)6/h8-9,17-20,22,24-27H,10-16H2,1-7H3/b9-8+/t19-,20+,22+,24+,25-,26+,27+,29-,30-/m0/s1. The van der Waals surface area contributed by atoms with Gasteiger partial charge in [-0.05, 0) is 97.4 Å². The molecule has 3 nitrogen and oxygen atoms in total. The molecule has 33 heavy (non-hydrogen) atoms. The first-order valence-corrected chi connectivity index (χ1v) is 13.6. The van der Waals surface area contributed by atoms with Crippen molar-refractivity contribution in [2.24, 2.45) is 52.3 Å². The van der Waals surface area contributed by atoms with Gasteiger partial charge in [0.25, 0.3) is 0 Å². The highest BCUT2D eigenvalue weighted by Gasteiger charge is 2.59. The molecule has 3 fully saturated rings. The number of ketones is 1. The summed E-state index contributed by atoms with van der Waals surface area (Å²) in [6.07, 6.45) is 14.5. The molecule has 0 unspecified atom stereocenters. The maximum atomic E-state index is 13.4. The summed E-state index contributed by atoms with van der Waals surface area (Å²) in [5.74, 6) is 3.72. The van der Waals surface area contributed by atoms with Gasteiger partial charge < -0.3 is 4.74 Å². The van der Waals surface area contributed by atoms with E-state index in [9.17, 15) is 9.59 Å². The van der Waals surface area contributed by atoms with Gasteiger partial charge in [-0.15, -0.1) is 0 Å². The quantitative estimate of drug-likeness (QED) is 0.327. The predicted octanol–water partition coefficient (Wildman–Crippen LogP) is 7.16. The van der Waals surface area contributed by atoms with E-state index < -0.39 is 0 Å². The number of carbonyl (C=O) groups is 2. The molecule has 0 aliphatic heterocycles. The Morgan fingerprint density at radius 1 is 0.970 bits per heavy atom. The Morgan fingerprint density at radius 3 is 2.30 bits per heavy atom. The molecule has 0 saturated heterocycles. The average Bonchev–Trinajstić information content (AvgIpc) is 3.10. The van der Waals surface area contributed by atoms with Crippen molar-refractivity contribution in [2.45, 2.75) is 99.5 Å². The molecule has 0 heterocycles. The summed E-state index contributed by atoms with van der Waals surface area (Å²) in [7, 11) is 0. The van der Waals surface area contributed by atoms with Crippen LogP contribution >= 0.6 is 0 Å². The first kappa shape index (κ1) is 24.7. The lowest BCUT2D eigenvalue weighted by atomic mass is 9.47. The zero-order valence-corrected chi connectivity index (χ0v) is 22.0. The fourth-order valence-electron chi connectivity index (χ4n) is 8.28. The smallest absolute Gasteiger partial charge is 0.302 e. The molecule has 0 aromatic rings. The van der Waals surface area contributed by atoms with Gasteiger partial charge in [0.2, 0.25) is 0 Å². The monoisotopic (exact) mass is 454 g/mol. The summed E-state index contributed by atoms with van der Waals surface area (Å²) in [6, 6.07) is 0. The summed E-state index contributed by atoms with van der Waals surface area (Å²) < 4.78 is 5.53. The Bertz CT molecular complexity index is 837. The van der Waals surface area contributed by atoms with Crippen molar-refractivity contribution >= 4 is 11.8 Å². The molecule has 0 radical (unpaired) electrons. The minimum Gasteiger partial charge on any atom is -0.463 e. The third-order valence-corrected chi connectivity index (χ3v) is 10.7. The molecule has 0 bridgehead atoms. The third-order valence-electron chi connectivity index (χ3n) is 10.7. The van der Waals surface area contributed by atoms with E-state index in [0.717, 1.165) is 12.8 Å². The number of hydrogen-bond donors (Lipinski definition) is 0. The molecule has 0 aromatic carbocycles. The lowest BCUT2D eigenvalue weighted by Gasteiger charge is -2.57. The van der Waals surface area contributed by atoms with Gasteiger partial charge in [-0.2, -0.15) is 0 Å². The lowest BCUT2D eigenvalue weighted by molar-refractivity contribution is -0.155. The largest absolute Gasteiger partial charge is 0.463 e. The summed E-state index contributed by atoms with van der Waals surface area (Å²) >= 11 is 0. The van der Waals surface area contributed by atoms with Crippen molar-refractivity contribution in [3.05, 3.63) is 23.8 Å². The number of hydrogen-bond acceptors (Lipinski definition) is 3. The van der Waals surface area contributed by atoms with Crippen LogP contribution < -0.4 is 0 Å². The van der Waals surface area contributed by atoms with Crippen molar-refractivity contribution in [1.82, 2.24) is 0 Å². The first-order chi connectivity index (χ1) is 15.5. The summed E-state index contributed by atoms with van der Waals surface area (Å²) in [5.41, 5.74) is 1.80. The van der Waals surface area contributed by atoms with Gasteiger partial charge in [0.15, 0.2) is 5.78 Å². The van der Waals surface area contributed by atoms with Crippen LogP contribution in [0.15, 0.2) is 23.8 Å². The fourth-order valence-corrected chi connectivity index (χ4v) is 8.28. The average molecular weight is 455 g/mol. The minimum absolute atomic E-state index is 0.00489. The van der Waals surface area contributed by atoms with Gasteiger partial charge in [0.1, 0.15) is 6.10 Å². The van der Waals surface area contributed by atoms with Crippen molar-refractivity contribution in [2.75, 3.05) is 0 Å². The molecule has 4 aliphatic carbocycles. The van der Waals surface area contributed by atoms with Crippen LogP contribution in [0.3, 0.4) is 0 Å². The number of allylic oxidation sites excluding steroid dienone is 4. The molecule has 9 atom stereocenters. The number of rotatable bonds is 5. The van der Waals surface area contributed by atoms with Crippen LogP contribution in [0.4, 0.5) is 0 Å². The number of ether oxygens (including phenoxy) is 1. The second kappa shape index (κ2) is 9.00. The van der Waals surface area contributed by atoms with Crippen LogP contribution in [0.2, 0.25) is 0 Å². The highest BCUT2D eigenvalue weighted by atomic mass is 16.5. The normalized spacial score (nSPS) is 42.4. The van der Waals surface area contributed by atoms with Crippen LogP contribution in [0.5, 0.6) is 0 Å². The van der Waals surface area contributed by atoms with Gasteiger partial charge in [-0.25, -0.2) is 0 Å². The maximum absolute atomic E-state index is 13.4. The van der Waals surface area contributed by atoms with E-state index in [-0.39, 0.29) is 23.4 Å². The SMILES string of the molecule is CC(=O)O[C@@H]1CC[C@]2(C)[C@H](C1)C(=O)C=C1[C@H]2CC[C@@]2(C)[C@@H]([C@H](C)/C=C/[C@H](C)C(C)C)CC[C@@H]12. The van der Waals surface area contributed by atoms with Crippen molar-refractivity contribution in [1.29, 1.82) is 0 Å². The zero-order valence-electron chi connectivity index (χ0n) is 22.0. The van der Waals surface area contributed by atoms with Crippen LogP contribution in [-0.2, 0) is 14.3 Å². The minimum atomic E-state index is -0.223. The third kappa shape index (κ3) is 4.27. The molecule has 0 N–H and O–H groups in total. The molecule has 184 valence electrons. The van der Waals surface area contributed by atoms with Gasteiger partial charge in [0.05, 0.1) is 0 Å². The van der Waals surface area contributed by atoms with E-state index in [1.807, 2.05) is 0 Å². The summed E-state index contributed by atoms with van der Waals surface area (Å²) in [6.45, 7) is 15.7. The Balaban J connectivity index is 1.56. The summed E-state index contributed by atoms with van der Waals surface area (Å²) in [4.78, 5) is 24.9. The van der Waals surface area contributed by atoms with Crippen LogP contribution in [0, 0.1) is 52.3 Å². The predicted molar refractivity (Wildman–Crippen MR) is 133 cm³/mol. The van der Waals surface area contributed by atoms with Crippen LogP contribution in [0.25, 0.3) is 0 Å². The van der Waals surface area contributed by atoms with Gasteiger partial charge in [0, 0.05) is 12.8 Å². The maximum Gasteiger partial charge on any atom is 0.302 e. The summed E-state index contributed by atoms with van der Waals surface area (Å²) in [5, 5.41) is 0. The molecular weight excluding hydrogens is 408 g/mol. The Hall–Kier alpha value is -1.38. The Kier molecular flexibility index (Phi) is 6.75. The molecule has 0 aromatic heterocycles. The topological polar surface area (TPSA) is 43.4 Å². The second-order valence-corrected chi connectivity index (χ2v) is 12.8. The van der Waals surface area contributed by atoms with E-state index in [1.165, 1.54) is 38.2 Å². The van der Waals surface area contributed by atoms with Crippen molar-refractivity contribution in [3.63, 3.8) is 0 Å². The molecular formula is C30H46O3. The van der Waals surface area contributed by atoms with Crippen LogP contribution in [-0.4, -0.2) is 17.9 Å². The highest BCUT2D eigenvalue weighted by Crippen LogP contribution is 2.66. The number of fused-ring (bicyclic) bond motifs is 5. The molecule has 4 aliphatic rings. The van der Waals surface area contributed by atoms with E-state index in [1.54, 1.807) is 0 Å². The van der Waals surface area contributed by atoms with E-state index in [2.05, 4.69) is 59.8 Å². The van der Waals surface area contributed by atoms with Crippen molar-refractivity contribution in [3.8, 4) is 0 Å². The van der Waals surface area contributed by atoms with Gasteiger partial charge in [-0.1, -0.05) is 59.3 Å². The fraction of sp³-hybridized carbons (Fsp3) is 0.800. The van der Waals surface area contributed by atoms with Crippen LogP contribution in [0.1, 0.15) is 93.4 Å². The molecule has 3 heteroatoms. The lowest BCUT2D eigenvalue weighted by Crippen LogP contribution is -2.52. The molecule has 0 spiro atoms. The first-order valence-electron chi connectivity index (χ1n) is 13.6. The zero-order chi connectivity index (χ0) is 24.1. The van der Waals surface area contributed by atoms with E-state index in [0.29, 0.717) is 53.1 Å². The van der Waals surface area contributed by atoms with E-state index in [4.69, 9.17) is 4.74 Å². The highest BCUT2D eigenvalue weighted by molar-refractivity contribution is 5.94. The van der Waals surface area contributed by atoms with Crippen molar-refractivity contribution < 1.29 is 14.3 Å². The Labute approximate surface area is 201 Å². The van der Waals surface area contributed by atoms with Gasteiger partial charge in [-0.3, -0.25) is 9.59 Å². The Morgan fingerprint density at radius 2 is 1.64 bits per heavy atom. The molecule has 0 amide bonds. The molecule has 3 saturated carbocycles. The second-order valence-electron chi connectivity index (χ2n) is 12.8. The van der Waals surface area contributed by atoms with Gasteiger partial charge >= 0.3 is 5.97 Å². The number of carbonyl (C=O) groups excluding carboxylic acids is 2. The number of esters is 1. The van der Waals surface area contributed by atoms with E-state index >= 15 is 0 Å².